The Balaban J connectivity index is 1.58. The molecular weight excluding hydrogens is 359 g/mol. The highest BCUT2D eigenvalue weighted by Gasteiger charge is 2.23. The van der Waals surface area contributed by atoms with Gasteiger partial charge in [-0.25, -0.2) is 4.39 Å². The zero-order valence-electron chi connectivity index (χ0n) is 14.9. The van der Waals surface area contributed by atoms with Crippen LogP contribution in [0, 0.1) is 5.82 Å². The van der Waals surface area contributed by atoms with Gasteiger partial charge < -0.3 is 19.7 Å². The number of halogens is 1. The predicted octanol–water partition coefficient (Wildman–Crippen LogP) is 4.39. The second-order valence-corrected chi connectivity index (χ2v) is 6.78. The predicted molar refractivity (Wildman–Crippen MR) is 104 cm³/mol. The lowest BCUT2D eigenvalue weighted by Gasteiger charge is -2.26. The lowest BCUT2D eigenvalue weighted by molar-refractivity contribution is -0.118. The van der Waals surface area contributed by atoms with E-state index in [4.69, 9.17) is 9.47 Å². The second kappa shape index (κ2) is 6.56. The maximum absolute atomic E-state index is 13.8. The largest absolute Gasteiger partial charge is 0.487 e. The van der Waals surface area contributed by atoms with E-state index in [0.29, 0.717) is 30.3 Å². The summed E-state index contributed by atoms with van der Waals surface area (Å²) < 4.78 is 25.1. The van der Waals surface area contributed by atoms with Crippen molar-refractivity contribution < 1.29 is 18.7 Å². The highest BCUT2D eigenvalue weighted by atomic mass is 19.1. The number of fused-ring (bicyclic) bond motifs is 3. The van der Waals surface area contributed by atoms with E-state index in [0.717, 1.165) is 22.5 Å². The molecule has 0 bridgehead atoms. The Morgan fingerprint density at radius 2 is 1.79 bits per heavy atom. The van der Waals surface area contributed by atoms with E-state index in [1.165, 1.54) is 12.1 Å². The summed E-state index contributed by atoms with van der Waals surface area (Å²) in [7, 11) is 0. The van der Waals surface area contributed by atoms with E-state index >= 15 is 0 Å². The fourth-order valence-electron chi connectivity index (χ4n) is 3.59. The standard InChI is InChI=1S/C22H17FN2O3/c23-16-6-7-19-21(10-16)27-12-15-3-1-2-4-18(15)25(19)11-14-5-8-20-17(9-14)24-22(26)13-28-20/h1-10H,11-13H2,(H,24,26). The number of anilines is 3. The SMILES string of the molecule is O=C1COc2ccc(CN3c4ccccc4COc4cc(F)ccc43)cc2N1. The molecular formula is C22H17FN2O3. The van der Waals surface area contributed by atoms with Gasteiger partial charge >= 0.3 is 0 Å². The van der Waals surface area contributed by atoms with Crippen LogP contribution >= 0.6 is 0 Å². The Morgan fingerprint density at radius 3 is 2.71 bits per heavy atom. The Labute approximate surface area is 161 Å². The molecule has 140 valence electrons. The molecule has 0 spiro atoms. The molecule has 5 rings (SSSR count). The minimum atomic E-state index is -0.335. The van der Waals surface area contributed by atoms with E-state index in [1.807, 2.05) is 42.5 Å². The van der Waals surface area contributed by atoms with Crippen LogP contribution in [0.5, 0.6) is 11.5 Å². The highest BCUT2D eigenvalue weighted by molar-refractivity contribution is 5.95. The van der Waals surface area contributed by atoms with Gasteiger partial charge in [-0.2, -0.15) is 0 Å². The van der Waals surface area contributed by atoms with Crippen molar-refractivity contribution in [3.8, 4) is 11.5 Å². The lowest BCUT2D eigenvalue weighted by Crippen LogP contribution is -2.25. The van der Waals surface area contributed by atoms with E-state index in [2.05, 4.69) is 10.2 Å². The van der Waals surface area contributed by atoms with Crippen LogP contribution in [0.1, 0.15) is 11.1 Å². The molecule has 0 saturated heterocycles. The summed E-state index contributed by atoms with van der Waals surface area (Å²) in [5, 5.41) is 2.84. The van der Waals surface area contributed by atoms with Crippen LogP contribution in [0.25, 0.3) is 0 Å². The first kappa shape index (κ1) is 16.6. The van der Waals surface area contributed by atoms with Crippen LogP contribution in [0.4, 0.5) is 21.5 Å². The normalized spacial score (nSPS) is 14.6. The van der Waals surface area contributed by atoms with Crippen LogP contribution in [-0.2, 0) is 17.9 Å². The summed E-state index contributed by atoms with van der Waals surface area (Å²) in [5.74, 6) is 0.661. The molecule has 0 radical (unpaired) electrons. The van der Waals surface area contributed by atoms with Gasteiger partial charge in [0.1, 0.15) is 23.9 Å². The monoisotopic (exact) mass is 376 g/mol. The van der Waals surface area contributed by atoms with Gasteiger partial charge in [-0.15, -0.1) is 0 Å². The van der Waals surface area contributed by atoms with Gasteiger partial charge in [-0.05, 0) is 35.9 Å². The Hall–Kier alpha value is -3.54. The molecule has 0 saturated carbocycles. The highest BCUT2D eigenvalue weighted by Crippen LogP contribution is 2.41. The Morgan fingerprint density at radius 1 is 0.929 bits per heavy atom. The molecule has 2 aliphatic heterocycles. The maximum Gasteiger partial charge on any atom is 0.262 e. The van der Waals surface area contributed by atoms with Crippen LogP contribution in [0.3, 0.4) is 0 Å². The summed E-state index contributed by atoms with van der Waals surface area (Å²) in [4.78, 5) is 13.7. The number of carbonyl (C=O) groups is 1. The quantitative estimate of drug-likeness (QED) is 0.721. The smallest absolute Gasteiger partial charge is 0.262 e. The molecule has 0 aromatic heterocycles. The molecule has 3 aromatic rings. The van der Waals surface area contributed by atoms with Crippen molar-refractivity contribution in [3.63, 3.8) is 0 Å². The molecule has 0 atom stereocenters. The average molecular weight is 376 g/mol. The molecule has 1 amide bonds. The van der Waals surface area contributed by atoms with Crippen molar-refractivity contribution in [2.75, 3.05) is 16.8 Å². The van der Waals surface area contributed by atoms with Gasteiger partial charge in [-0.3, -0.25) is 4.79 Å². The summed E-state index contributed by atoms with van der Waals surface area (Å²) >= 11 is 0. The lowest BCUT2D eigenvalue weighted by atomic mass is 10.1. The fourth-order valence-corrected chi connectivity index (χ4v) is 3.59. The van der Waals surface area contributed by atoms with Crippen LogP contribution in [0.2, 0.25) is 0 Å². The van der Waals surface area contributed by atoms with Gasteiger partial charge in [0.15, 0.2) is 6.61 Å². The van der Waals surface area contributed by atoms with Gasteiger partial charge in [0.2, 0.25) is 0 Å². The zero-order valence-corrected chi connectivity index (χ0v) is 14.9. The van der Waals surface area contributed by atoms with Crippen LogP contribution < -0.4 is 19.7 Å². The number of nitrogens with one attached hydrogen (secondary N) is 1. The Bertz CT molecular complexity index is 1080. The molecule has 5 nitrogen and oxygen atoms in total. The van der Waals surface area contributed by atoms with Crippen molar-refractivity contribution in [3.05, 3.63) is 77.6 Å². The Kier molecular flexibility index (Phi) is 3.90. The average Bonchev–Trinajstić information content (AvgIpc) is 2.85. The molecule has 2 heterocycles. The third-order valence-electron chi connectivity index (χ3n) is 4.90. The topological polar surface area (TPSA) is 50.8 Å². The third-order valence-corrected chi connectivity index (χ3v) is 4.90. The van der Waals surface area contributed by atoms with Crippen molar-refractivity contribution >= 4 is 23.0 Å². The van der Waals surface area contributed by atoms with Crippen molar-refractivity contribution in [2.45, 2.75) is 13.2 Å². The minimum absolute atomic E-state index is 0.0299. The molecule has 0 fully saturated rings. The van der Waals surface area contributed by atoms with Gasteiger partial charge in [0.05, 0.1) is 11.4 Å². The van der Waals surface area contributed by atoms with Gasteiger partial charge in [0.25, 0.3) is 5.91 Å². The van der Waals surface area contributed by atoms with Gasteiger partial charge in [0, 0.05) is 23.9 Å². The number of nitrogens with zero attached hydrogens (tertiary/aromatic N) is 1. The zero-order chi connectivity index (χ0) is 19.1. The fraction of sp³-hybridized carbons (Fsp3) is 0.136. The number of rotatable bonds is 2. The van der Waals surface area contributed by atoms with E-state index in [-0.39, 0.29) is 18.3 Å². The second-order valence-electron chi connectivity index (χ2n) is 6.78. The van der Waals surface area contributed by atoms with Crippen molar-refractivity contribution in [1.29, 1.82) is 0 Å². The van der Waals surface area contributed by atoms with E-state index in [9.17, 15) is 9.18 Å². The number of carbonyl (C=O) groups excluding carboxylic acids is 1. The number of para-hydroxylation sites is 1. The van der Waals surface area contributed by atoms with Crippen LogP contribution in [-0.4, -0.2) is 12.5 Å². The number of ether oxygens (including phenoxy) is 2. The molecule has 28 heavy (non-hydrogen) atoms. The van der Waals surface area contributed by atoms with Crippen LogP contribution in [0.15, 0.2) is 60.7 Å². The summed E-state index contributed by atoms with van der Waals surface area (Å²) in [6.07, 6.45) is 0. The summed E-state index contributed by atoms with van der Waals surface area (Å²) in [6.45, 7) is 0.932. The van der Waals surface area contributed by atoms with Crippen molar-refractivity contribution in [2.24, 2.45) is 0 Å². The minimum Gasteiger partial charge on any atom is -0.487 e. The molecule has 0 aliphatic carbocycles. The summed E-state index contributed by atoms with van der Waals surface area (Å²) in [5.41, 5.74) is 4.47. The molecule has 6 heteroatoms. The molecule has 2 aliphatic rings. The van der Waals surface area contributed by atoms with E-state index in [1.54, 1.807) is 6.07 Å². The molecule has 0 unspecified atom stereocenters. The first-order valence-corrected chi connectivity index (χ1v) is 9.01. The van der Waals surface area contributed by atoms with Crippen molar-refractivity contribution in [1.82, 2.24) is 0 Å². The number of hydrogen-bond acceptors (Lipinski definition) is 4. The van der Waals surface area contributed by atoms with Gasteiger partial charge in [-0.1, -0.05) is 24.3 Å². The first-order chi connectivity index (χ1) is 13.7. The number of hydrogen-bond donors (Lipinski definition) is 1. The summed E-state index contributed by atoms with van der Waals surface area (Å²) in [6, 6.07) is 18.3. The molecule has 1 N–H and O–H groups in total. The first-order valence-electron chi connectivity index (χ1n) is 9.01. The maximum atomic E-state index is 13.8. The number of amides is 1. The molecule has 3 aromatic carbocycles. The third kappa shape index (κ3) is 2.93. The van der Waals surface area contributed by atoms with E-state index < -0.39 is 0 Å². The number of benzene rings is 3.